The molecule has 1 heterocycles. The van der Waals surface area contributed by atoms with Crippen molar-refractivity contribution in [1.29, 1.82) is 0 Å². The second kappa shape index (κ2) is 4.80. The van der Waals surface area contributed by atoms with Crippen molar-refractivity contribution >= 4 is 61.0 Å². The third kappa shape index (κ3) is 1.83. The van der Waals surface area contributed by atoms with Gasteiger partial charge in [0.1, 0.15) is 0 Å². The predicted molar refractivity (Wildman–Crippen MR) is 88.0 cm³/mol. The van der Waals surface area contributed by atoms with Gasteiger partial charge >= 0.3 is 0 Å². The maximum atomic E-state index is 12.8. The molecular formula is C15H12Br2ClNO2. The Labute approximate surface area is 144 Å². The zero-order valence-electron chi connectivity index (χ0n) is 10.9. The van der Waals surface area contributed by atoms with Crippen molar-refractivity contribution in [3.05, 3.63) is 29.3 Å². The van der Waals surface area contributed by atoms with E-state index in [-0.39, 0.29) is 45.1 Å². The van der Waals surface area contributed by atoms with Gasteiger partial charge < -0.3 is 0 Å². The molecule has 3 fully saturated rings. The maximum absolute atomic E-state index is 12.8. The summed E-state index contributed by atoms with van der Waals surface area (Å²) >= 11 is 13.2. The van der Waals surface area contributed by atoms with Crippen LogP contribution in [0, 0.1) is 23.7 Å². The summed E-state index contributed by atoms with van der Waals surface area (Å²) in [5.74, 6) is 0.0521. The molecular weight excluding hydrogens is 421 g/mol. The van der Waals surface area contributed by atoms with Crippen LogP contribution in [0.15, 0.2) is 24.3 Å². The average molecular weight is 434 g/mol. The monoisotopic (exact) mass is 431 g/mol. The molecule has 0 N–H and O–H groups in total. The van der Waals surface area contributed by atoms with E-state index in [0.29, 0.717) is 10.7 Å². The number of carbonyl (C=O) groups excluding carboxylic acids is 2. The van der Waals surface area contributed by atoms with Gasteiger partial charge in [-0.25, -0.2) is 0 Å². The Morgan fingerprint density at radius 3 is 1.90 bits per heavy atom. The molecule has 0 aromatic heterocycles. The van der Waals surface area contributed by atoms with Crippen LogP contribution in [0.3, 0.4) is 0 Å². The summed E-state index contributed by atoms with van der Waals surface area (Å²) in [7, 11) is 0. The van der Waals surface area contributed by atoms with Crippen molar-refractivity contribution in [2.24, 2.45) is 23.7 Å². The number of halogens is 3. The van der Waals surface area contributed by atoms with E-state index in [0.717, 1.165) is 6.42 Å². The quantitative estimate of drug-likeness (QED) is 0.501. The molecule has 110 valence electrons. The van der Waals surface area contributed by atoms with Crippen molar-refractivity contribution in [3.63, 3.8) is 0 Å². The largest absolute Gasteiger partial charge is 0.274 e. The molecule has 0 radical (unpaired) electrons. The first-order chi connectivity index (χ1) is 10.0. The number of alkyl halides is 2. The van der Waals surface area contributed by atoms with Crippen LogP contribution in [0.2, 0.25) is 5.02 Å². The molecule has 1 aliphatic heterocycles. The van der Waals surface area contributed by atoms with Crippen molar-refractivity contribution in [3.8, 4) is 0 Å². The van der Waals surface area contributed by atoms with Gasteiger partial charge in [0.25, 0.3) is 0 Å². The number of benzene rings is 1. The number of hydrogen-bond donors (Lipinski definition) is 0. The van der Waals surface area contributed by atoms with Crippen LogP contribution in [-0.2, 0) is 9.59 Å². The fraction of sp³-hybridized carbons (Fsp3) is 0.467. The van der Waals surface area contributed by atoms with Crippen molar-refractivity contribution in [2.45, 2.75) is 16.1 Å². The number of anilines is 1. The number of hydrogen-bond acceptors (Lipinski definition) is 2. The molecule has 2 aliphatic carbocycles. The number of imide groups is 1. The predicted octanol–water partition coefficient (Wildman–Crippen LogP) is 3.62. The van der Waals surface area contributed by atoms with E-state index in [4.69, 9.17) is 11.6 Å². The molecule has 1 saturated heterocycles. The van der Waals surface area contributed by atoms with E-state index in [2.05, 4.69) is 31.9 Å². The first kappa shape index (κ1) is 14.2. The average Bonchev–Trinajstić information content (AvgIpc) is 3.06. The van der Waals surface area contributed by atoms with Gasteiger partial charge in [0.2, 0.25) is 11.8 Å². The highest BCUT2D eigenvalue weighted by molar-refractivity contribution is 9.12. The Kier molecular flexibility index (Phi) is 3.25. The molecule has 21 heavy (non-hydrogen) atoms. The van der Waals surface area contributed by atoms with Crippen molar-refractivity contribution in [1.82, 2.24) is 0 Å². The standard InChI is InChI=1S/C15H12Br2ClNO2/c16-12-8-5-9(13(12)17)11-10(8)14(20)19(15(11)21)7-3-1-6(18)2-4-7/h1-4,8-13H,5H2/t8-,9-,10-,11+,12+,13+/m1/s1. The van der Waals surface area contributed by atoms with E-state index < -0.39 is 0 Å². The SMILES string of the molecule is O=C1[C@@H]2[C@H]3C[C@@H]([C@H](Br)[C@H]3Br)[C@@H]2C(=O)N1c1ccc(Cl)cc1. The van der Waals surface area contributed by atoms with E-state index in [9.17, 15) is 9.59 Å². The lowest BCUT2D eigenvalue weighted by Gasteiger charge is -2.28. The third-order valence-electron chi connectivity index (χ3n) is 5.07. The number of fused-ring (bicyclic) bond motifs is 5. The Morgan fingerprint density at radius 1 is 0.952 bits per heavy atom. The summed E-state index contributed by atoms with van der Waals surface area (Å²) < 4.78 is 0. The number of nitrogens with zero attached hydrogens (tertiary/aromatic N) is 1. The summed E-state index contributed by atoms with van der Waals surface area (Å²) in [6, 6.07) is 6.89. The Hall–Kier alpha value is -0.390. The first-order valence-electron chi connectivity index (χ1n) is 6.92. The second-order valence-corrected chi connectivity index (χ2v) is 8.54. The smallest absolute Gasteiger partial charge is 0.238 e. The fourth-order valence-electron chi connectivity index (χ4n) is 4.19. The van der Waals surface area contributed by atoms with Crippen LogP contribution >= 0.6 is 43.5 Å². The fourth-order valence-corrected chi connectivity index (χ4v) is 6.19. The van der Waals surface area contributed by atoms with Crippen LogP contribution < -0.4 is 4.90 Å². The molecule has 2 amide bonds. The van der Waals surface area contributed by atoms with Gasteiger partial charge in [-0.05, 0) is 42.5 Å². The molecule has 1 aromatic carbocycles. The molecule has 3 aliphatic rings. The van der Waals surface area contributed by atoms with E-state index in [1.807, 2.05) is 0 Å². The molecule has 4 rings (SSSR count). The van der Waals surface area contributed by atoms with Crippen LogP contribution in [0.4, 0.5) is 5.69 Å². The highest BCUT2D eigenvalue weighted by Crippen LogP contribution is 2.60. The molecule has 2 bridgehead atoms. The zero-order chi connectivity index (χ0) is 14.9. The van der Waals surface area contributed by atoms with Gasteiger partial charge in [-0.3, -0.25) is 14.5 Å². The number of amides is 2. The highest BCUT2D eigenvalue weighted by Gasteiger charge is 2.66. The van der Waals surface area contributed by atoms with Gasteiger partial charge in [0, 0.05) is 14.7 Å². The van der Waals surface area contributed by atoms with Gasteiger partial charge in [-0.1, -0.05) is 43.5 Å². The van der Waals surface area contributed by atoms with Gasteiger partial charge in [-0.2, -0.15) is 0 Å². The summed E-state index contributed by atoms with van der Waals surface area (Å²) in [5, 5.41) is 0.596. The summed E-state index contributed by atoms with van der Waals surface area (Å²) in [6.45, 7) is 0. The minimum atomic E-state index is -0.170. The Balaban J connectivity index is 1.73. The lowest BCUT2D eigenvalue weighted by Crippen LogP contribution is -2.37. The normalized spacial score (nSPS) is 41.0. The molecule has 1 aromatic rings. The van der Waals surface area contributed by atoms with Crippen LogP contribution in [0.5, 0.6) is 0 Å². The molecule has 0 unspecified atom stereocenters. The lowest BCUT2D eigenvalue weighted by molar-refractivity contribution is -0.123. The Bertz CT molecular complexity index is 603. The zero-order valence-corrected chi connectivity index (χ0v) is 14.8. The van der Waals surface area contributed by atoms with Gasteiger partial charge in [0.15, 0.2) is 0 Å². The molecule has 3 nitrogen and oxygen atoms in total. The number of rotatable bonds is 1. The van der Waals surface area contributed by atoms with Crippen molar-refractivity contribution in [2.75, 3.05) is 4.90 Å². The lowest BCUT2D eigenvalue weighted by atomic mass is 9.81. The van der Waals surface area contributed by atoms with E-state index in [1.54, 1.807) is 24.3 Å². The minimum absolute atomic E-state index is 0.0522. The molecule has 6 heteroatoms. The third-order valence-corrected chi connectivity index (χ3v) is 8.53. The van der Waals surface area contributed by atoms with E-state index in [1.165, 1.54) is 4.90 Å². The van der Waals surface area contributed by atoms with Crippen LogP contribution in [0.25, 0.3) is 0 Å². The van der Waals surface area contributed by atoms with Crippen LogP contribution in [-0.4, -0.2) is 21.5 Å². The van der Waals surface area contributed by atoms with Crippen LogP contribution in [0.1, 0.15) is 6.42 Å². The van der Waals surface area contributed by atoms with Crippen molar-refractivity contribution < 1.29 is 9.59 Å². The molecule has 6 atom stereocenters. The summed E-state index contributed by atoms with van der Waals surface area (Å²) in [4.78, 5) is 27.4. The maximum Gasteiger partial charge on any atom is 0.238 e. The Morgan fingerprint density at radius 2 is 1.43 bits per heavy atom. The summed E-state index contributed by atoms with van der Waals surface area (Å²) in [5.41, 5.74) is 0.625. The minimum Gasteiger partial charge on any atom is -0.274 e. The molecule has 2 saturated carbocycles. The number of carbonyl (C=O) groups is 2. The second-order valence-electron chi connectivity index (χ2n) is 5.99. The van der Waals surface area contributed by atoms with Gasteiger partial charge in [-0.15, -0.1) is 0 Å². The molecule has 0 spiro atoms. The topological polar surface area (TPSA) is 37.4 Å². The highest BCUT2D eigenvalue weighted by atomic mass is 79.9. The summed E-state index contributed by atoms with van der Waals surface area (Å²) in [6.07, 6.45) is 0.951. The van der Waals surface area contributed by atoms with Gasteiger partial charge in [0.05, 0.1) is 17.5 Å². The first-order valence-corrected chi connectivity index (χ1v) is 9.13. The van der Waals surface area contributed by atoms with E-state index >= 15 is 0 Å².